The van der Waals surface area contributed by atoms with Gasteiger partial charge in [0, 0.05) is 5.69 Å². The Bertz CT molecular complexity index is 723. The number of nitrogen functional groups attached to an aromatic ring is 1. The van der Waals surface area contributed by atoms with Crippen molar-refractivity contribution in [3.8, 4) is 0 Å². The van der Waals surface area contributed by atoms with Crippen molar-refractivity contribution in [1.29, 1.82) is 0 Å². The van der Waals surface area contributed by atoms with Crippen LogP contribution in [0.15, 0.2) is 41.3 Å². The maximum atomic E-state index is 13.4. The van der Waals surface area contributed by atoms with Crippen LogP contribution in [0.2, 0.25) is 0 Å². The predicted octanol–water partition coefficient (Wildman–Crippen LogP) is 2.49. The number of rotatable bonds is 3. The molecule has 0 radical (unpaired) electrons. The number of halogens is 3. The highest BCUT2D eigenvalue weighted by Crippen LogP contribution is 2.23. The summed E-state index contributed by atoms with van der Waals surface area (Å²) in [6.45, 7) is 0. The fourth-order valence-electron chi connectivity index (χ4n) is 1.53. The molecule has 8 heteroatoms. The van der Waals surface area contributed by atoms with Gasteiger partial charge in [-0.05, 0) is 30.3 Å². The Morgan fingerprint density at radius 2 is 1.60 bits per heavy atom. The molecule has 0 saturated carbocycles. The van der Waals surface area contributed by atoms with Crippen molar-refractivity contribution in [1.82, 2.24) is 0 Å². The van der Waals surface area contributed by atoms with Crippen molar-refractivity contribution in [2.45, 2.75) is 4.90 Å². The number of hydrogen-bond acceptors (Lipinski definition) is 3. The van der Waals surface area contributed by atoms with Crippen LogP contribution in [0.4, 0.5) is 24.5 Å². The second-order valence-electron chi connectivity index (χ2n) is 3.92. The highest BCUT2D eigenvalue weighted by molar-refractivity contribution is 7.92. The molecule has 2 aromatic rings. The Kier molecular flexibility index (Phi) is 3.58. The van der Waals surface area contributed by atoms with Crippen molar-refractivity contribution < 1.29 is 21.6 Å². The van der Waals surface area contributed by atoms with Crippen LogP contribution >= 0.6 is 0 Å². The van der Waals surface area contributed by atoms with Gasteiger partial charge in [0.1, 0.15) is 23.1 Å². The average molecular weight is 302 g/mol. The second kappa shape index (κ2) is 5.04. The molecule has 0 aliphatic carbocycles. The molecule has 2 aromatic carbocycles. The van der Waals surface area contributed by atoms with Gasteiger partial charge in [0.25, 0.3) is 10.0 Å². The average Bonchev–Trinajstić information content (AvgIpc) is 2.33. The van der Waals surface area contributed by atoms with Crippen molar-refractivity contribution in [3.05, 3.63) is 53.8 Å². The van der Waals surface area contributed by atoms with Gasteiger partial charge in [-0.3, -0.25) is 4.72 Å². The van der Waals surface area contributed by atoms with Crippen LogP contribution < -0.4 is 10.5 Å². The lowest BCUT2D eigenvalue weighted by Crippen LogP contribution is -2.15. The largest absolute Gasteiger partial charge is 0.399 e. The Balaban J connectivity index is 2.46. The van der Waals surface area contributed by atoms with Gasteiger partial charge in [-0.25, -0.2) is 21.6 Å². The molecule has 0 bridgehead atoms. The van der Waals surface area contributed by atoms with Crippen LogP contribution in [0, 0.1) is 17.5 Å². The minimum atomic E-state index is -4.35. The summed E-state index contributed by atoms with van der Waals surface area (Å²) < 4.78 is 65.5. The topological polar surface area (TPSA) is 72.2 Å². The lowest BCUT2D eigenvalue weighted by molar-refractivity contribution is 0.581. The monoisotopic (exact) mass is 302 g/mol. The minimum Gasteiger partial charge on any atom is -0.399 e. The predicted molar refractivity (Wildman–Crippen MR) is 68.0 cm³/mol. The molecule has 0 aliphatic rings. The first-order valence-corrected chi connectivity index (χ1v) is 6.81. The van der Waals surface area contributed by atoms with E-state index in [9.17, 15) is 21.6 Å². The molecule has 2 rings (SSSR count). The third kappa shape index (κ3) is 2.85. The van der Waals surface area contributed by atoms with Crippen LogP contribution in [0.5, 0.6) is 0 Å². The molecule has 0 heterocycles. The maximum Gasteiger partial charge on any atom is 0.262 e. The summed E-state index contributed by atoms with van der Waals surface area (Å²) in [5.74, 6) is -3.05. The van der Waals surface area contributed by atoms with Crippen molar-refractivity contribution in [2.24, 2.45) is 0 Å². The van der Waals surface area contributed by atoms with E-state index in [1.807, 2.05) is 0 Å². The van der Waals surface area contributed by atoms with Crippen molar-refractivity contribution >= 4 is 21.4 Å². The number of benzene rings is 2. The fourth-order valence-corrected chi connectivity index (χ4v) is 2.67. The summed E-state index contributed by atoms with van der Waals surface area (Å²) >= 11 is 0. The Hall–Kier alpha value is -2.22. The molecule has 0 fully saturated rings. The third-order valence-corrected chi connectivity index (χ3v) is 3.73. The van der Waals surface area contributed by atoms with Gasteiger partial charge in [-0.15, -0.1) is 0 Å². The van der Waals surface area contributed by atoms with Gasteiger partial charge in [0.15, 0.2) is 0 Å². The Labute approximate surface area is 113 Å². The molecule has 0 spiro atoms. The Morgan fingerprint density at radius 3 is 2.15 bits per heavy atom. The molecule has 0 saturated heterocycles. The van der Waals surface area contributed by atoms with E-state index in [2.05, 4.69) is 0 Å². The highest BCUT2D eigenvalue weighted by atomic mass is 32.2. The highest BCUT2D eigenvalue weighted by Gasteiger charge is 2.20. The zero-order valence-electron chi connectivity index (χ0n) is 9.90. The first kappa shape index (κ1) is 14.2. The summed E-state index contributed by atoms with van der Waals surface area (Å²) in [6, 6.07) is 5.45. The van der Waals surface area contributed by atoms with Crippen LogP contribution in [-0.2, 0) is 10.0 Å². The number of nitrogens with two attached hydrogens (primary N) is 1. The molecule has 0 amide bonds. The van der Waals surface area contributed by atoms with Crippen LogP contribution in [0.25, 0.3) is 0 Å². The van der Waals surface area contributed by atoms with E-state index in [1.54, 1.807) is 4.72 Å². The Morgan fingerprint density at radius 1 is 1.00 bits per heavy atom. The summed E-state index contributed by atoms with van der Waals surface area (Å²) in [7, 11) is -4.35. The van der Waals surface area contributed by atoms with E-state index in [1.165, 1.54) is 0 Å². The molecule has 20 heavy (non-hydrogen) atoms. The quantitative estimate of drug-likeness (QED) is 0.856. The van der Waals surface area contributed by atoms with E-state index in [-0.39, 0.29) is 5.69 Å². The number of para-hydroxylation sites is 1. The smallest absolute Gasteiger partial charge is 0.262 e. The molecule has 4 nitrogen and oxygen atoms in total. The van der Waals surface area contributed by atoms with Crippen molar-refractivity contribution in [2.75, 3.05) is 10.5 Å². The van der Waals surface area contributed by atoms with Crippen LogP contribution in [-0.4, -0.2) is 8.42 Å². The number of hydrogen-bond donors (Lipinski definition) is 2. The standard InChI is InChI=1S/C12H9F3N2O2S/c13-7-4-8(16)6-9(5-7)20(18,19)17-12-10(14)2-1-3-11(12)15/h1-6,17H,16H2. The van der Waals surface area contributed by atoms with Gasteiger partial charge in [-0.2, -0.15) is 0 Å². The van der Waals surface area contributed by atoms with E-state index in [0.29, 0.717) is 6.07 Å². The maximum absolute atomic E-state index is 13.4. The molecule has 106 valence electrons. The summed E-state index contributed by atoms with van der Waals surface area (Å²) in [4.78, 5) is -0.530. The van der Waals surface area contributed by atoms with Gasteiger partial charge < -0.3 is 5.73 Å². The normalized spacial score (nSPS) is 11.3. The first-order valence-electron chi connectivity index (χ1n) is 5.32. The van der Waals surface area contributed by atoms with E-state index >= 15 is 0 Å². The third-order valence-electron chi connectivity index (χ3n) is 2.40. The SMILES string of the molecule is Nc1cc(F)cc(S(=O)(=O)Nc2c(F)cccc2F)c1. The number of sulfonamides is 1. The van der Waals surface area contributed by atoms with Gasteiger partial charge in [0.2, 0.25) is 0 Å². The fraction of sp³-hybridized carbons (Fsp3) is 0. The molecule has 0 aliphatic heterocycles. The zero-order chi connectivity index (χ0) is 14.9. The summed E-state index contributed by atoms with van der Waals surface area (Å²) in [5.41, 5.74) is 4.37. The lowest BCUT2D eigenvalue weighted by atomic mass is 10.3. The van der Waals surface area contributed by atoms with E-state index in [4.69, 9.17) is 5.73 Å². The zero-order valence-corrected chi connectivity index (χ0v) is 10.7. The summed E-state index contributed by atoms with van der Waals surface area (Å²) in [6.07, 6.45) is 0. The lowest BCUT2D eigenvalue weighted by Gasteiger charge is -2.10. The number of nitrogens with one attached hydrogen (secondary N) is 1. The van der Waals surface area contributed by atoms with Gasteiger partial charge in [-0.1, -0.05) is 6.07 Å². The van der Waals surface area contributed by atoms with Crippen LogP contribution in [0.3, 0.4) is 0 Å². The van der Waals surface area contributed by atoms with Crippen molar-refractivity contribution in [3.63, 3.8) is 0 Å². The van der Waals surface area contributed by atoms with Gasteiger partial charge in [0.05, 0.1) is 4.90 Å². The van der Waals surface area contributed by atoms with Gasteiger partial charge >= 0.3 is 0 Å². The molecular formula is C12H9F3N2O2S. The number of anilines is 2. The molecule has 0 aromatic heterocycles. The minimum absolute atomic E-state index is 0.126. The van der Waals surface area contributed by atoms with Crippen LogP contribution in [0.1, 0.15) is 0 Å². The molecule has 3 N–H and O–H groups in total. The molecule has 0 atom stereocenters. The molecular weight excluding hydrogens is 293 g/mol. The van der Waals surface area contributed by atoms with E-state index in [0.717, 1.165) is 30.3 Å². The summed E-state index contributed by atoms with van der Waals surface area (Å²) in [5, 5.41) is 0. The van der Waals surface area contributed by atoms with E-state index < -0.39 is 38.1 Å². The molecule has 0 unspecified atom stereocenters. The first-order chi connectivity index (χ1) is 9.29. The second-order valence-corrected chi connectivity index (χ2v) is 5.60.